The number of hydrogen-bond donors (Lipinski definition) is 1. The van der Waals surface area contributed by atoms with Crippen LogP contribution in [-0.4, -0.2) is 35.9 Å². The van der Waals surface area contributed by atoms with Gasteiger partial charge in [0.1, 0.15) is 0 Å². The molecule has 0 radical (unpaired) electrons. The molecule has 0 atom stereocenters. The first-order chi connectivity index (χ1) is 8.49. The van der Waals surface area contributed by atoms with E-state index in [-0.39, 0.29) is 5.69 Å². The van der Waals surface area contributed by atoms with Gasteiger partial charge in [0.25, 0.3) is 0 Å². The number of aryl methyl sites for hydroxylation is 3. The van der Waals surface area contributed by atoms with E-state index in [2.05, 4.69) is 15.4 Å². The molecule has 18 heavy (non-hydrogen) atoms. The molecule has 0 aliphatic carbocycles. The van der Waals surface area contributed by atoms with Crippen molar-refractivity contribution in [1.29, 1.82) is 0 Å². The maximum Gasteiger partial charge on any atom is 0.358 e. The molecule has 0 saturated carbocycles. The molecule has 2 heterocycles. The molecule has 0 aliphatic heterocycles. The fraction of sp³-hybridized carbons (Fsp3) is 0.400. The van der Waals surface area contributed by atoms with Crippen LogP contribution in [0.2, 0.25) is 5.02 Å². The van der Waals surface area contributed by atoms with Gasteiger partial charge in [-0.25, -0.2) is 9.48 Å². The Kier molecular flexibility index (Phi) is 3.33. The number of nitrogens with zero attached hydrogens (tertiary/aromatic N) is 5. The minimum Gasteiger partial charge on any atom is -0.476 e. The van der Waals surface area contributed by atoms with Gasteiger partial charge >= 0.3 is 5.97 Å². The zero-order chi connectivity index (χ0) is 13.3. The monoisotopic (exact) mass is 269 g/mol. The molecule has 0 fully saturated rings. The smallest absolute Gasteiger partial charge is 0.358 e. The fourth-order valence-electron chi connectivity index (χ4n) is 1.60. The molecule has 7 nitrogen and oxygen atoms in total. The van der Waals surface area contributed by atoms with Crippen LogP contribution in [0.25, 0.3) is 0 Å². The van der Waals surface area contributed by atoms with Gasteiger partial charge < -0.3 is 5.11 Å². The molecule has 2 aromatic rings. The van der Waals surface area contributed by atoms with Crippen LogP contribution in [-0.2, 0) is 13.1 Å². The van der Waals surface area contributed by atoms with Gasteiger partial charge in [-0.3, -0.25) is 4.68 Å². The lowest BCUT2D eigenvalue weighted by atomic mass is 10.4. The van der Waals surface area contributed by atoms with E-state index in [0.29, 0.717) is 18.1 Å². The number of carboxylic acid groups (broad SMARTS) is 1. The summed E-state index contributed by atoms with van der Waals surface area (Å²) in [6.07, 6.45) is 1.38. The van der Waals surface area contributed by atoms with E-state index in [1.165, 1.54) is 10.9 Å². The minimum atomic E-state index is -1.09. The van der Waals surface area contributed by atoms with Crippen LogP contribution in [0.5, 0.6) is 0 Å². The molecule has 0 unspecified atom stereocenters. The Balaban J connectivity index is 2.06. The first-order valence-corrected chi connectivity index (χ1v) is 5.69. The number of carboxylic acids is 1. The van der Waals surface area contributed by atoms with Gasteiger partial charge in [-0.05, 0) is 13.8 Å². The number of halogens is 1. The summed E-state index contributed by atoms with van der Waals surface area (Å²) in [4.78, 5) is 10.6. The number of aromatic carboxylic acids is 1. The summed E-state index contributed by atoms with van der Waals surface area (Å²) in [5.74, 6) is -1.09. The topological polar surface area (TPSA) is 85.8 Å². The fourth-order valence-corrected chi connectivity index (χ4v) is 1.73. The highest BCUT2D eigenvalue weighted by molar-refractivity contribution is 6.31. The van der Waals surface area contributed by atoms with E-state index < -0.39 is 5.97 Å². The third-order valence-electron chi connectivity index (χ3n) is 2.59. The van der Waals surface area contributed by atoms with E-state index in [4.69, 9.17) is 16.7 Å². The second-order valence-corrected chi connectivity index (χ2v) is 4.26. The van der Waals surface area contributed by atoms with Crippen molar-refractivity contribution in [2.24, 2.45) is 0 Å². The molecule has 0 aliphatic rings. The van der Waals surface area contributed by atoms with Crippen molar-refractivity contribution >= 4 is 17.6 Å². The molecule has 0 amide bonds. The van der Waals surface area contributed by atoms with Crippen LogP contribution >= 0.6 is 11.6 Å². The van der Waals surface area contributed by atoms with Gasteiger partial charge in [0.05, 0.1) is 35.7 Å². The van der Waals surface area contributed by atoms with Crippen LogP contribution in [0, 0.1) is 13.8 Å². The molecule has 2 rings (SSSR count). The summed E-state index contributed by atoms with van der Waals surface area (Å²) in [5, 5.41) is 20.9. The van der Waals surface area contributed by atoms with Crippen LogP contribution in [0.1, 0.15) is 21.9 Å². The van der Waals surface area contributed by atoms with Crippen molar-refractivity contribution in [1.82, 2.24) is 24.8 Å². The molecule has 1 N–H and O–H groups in total. The highest BCUT2D eigenvalue weighted by atomic mass is 35.5. The van der Waals surface area contributed by atoms with E-state index in [1.54, 1.807) is 4.68 Å². The predicted molar refractivity (Wildman–Crippen MR) is 63.7 cm³/mol. The molecular weight excluding hydrogens is 258 g/mol. The first-order valence-electron chi connectivity index (χ1n) is 5.32. The zero-order valence-electron chi connectivity index (χ0n) is 9.96. The van der Waals surface area contributed by atoms with Crippen molar-refractivity contribution in [3.63, 3.8) is 0 Å². The summed E-state index contributed by atoms with van der Waals surface area (Å²) in [6, 6.07) is 0. The number of hydrogen-bond acceptors (Lipinski definition) is 4. The number of aromatic nitrogens is 5. The molecule has 0 aromatic carbocycles. The van der Waals surface area contributed by atoms with Gasteiger partial charge in [0, 0.05) is 0 Å². The Morgan fingerprint density at radius 2 is 2.17 bits per heavy atom. The molecular formula is C10H12ClN5O2. The van der Waals surface area contributed by atoms with E-state index in [0.717, 1.165) is 11.4 Å². The van der Waals surface area contributed by atoms with Crippen molar-refractivity contribution < 1.29 is 9.90 Å². The standard InChI is InChI=1S/C10H12ClN5O2/c1-6-9(11)7(2)16(13-6)4-3-15-5-8(10(17)18)12-14-15/h5H,3-4H2,1-2H3,(H,17,18). The lowest BCUT2D eigenvalue weighted by Crippen LogP contribution is -2.10. The van der Waals surface area contributed by atoms with Crippen molar-refractivity contribution in [3.05, 3.63) is 28.3 Å². The van der Waals surface area contributed by atoms with Crippen molar-refractivity contribution in [2.45, 2.75) is 26.9 Å². The summed E-state index contributed by atoms with van der Waals surface area (Å²) >= 11 is 6.03. The Labute approximate surface area is 108 Å². The maximum absolute atomic E-state index is 10.6. The Morgan fingerprint density at radius 3 is 2.67 bits per heavy atom. The summed E-state index contributed by atoms with van der Waals surface area (Å²) < 4.78 is 3.23. The van der Waals surface area contributed by atoms with Gasteiger partial charge in [0.2, 0.25) is 0 Å². The SMILES string of the molecule is Cc1nn(CCn2cc(C(=O)O)nn2)c(C)c1Cl. The Hall–Kier alpha value is -1.89. The van der Waals surface area contributed by atoms with Crippen LogP contribution in [0.4, 0.5) is 0 Å². The molecule has 0 bridgehead atoms. The largest absolute Gasteiger partial charge is 0.476 e. The molecule has 96 valence electrons. The van der Waals surface area contributed by atoms with Gasteiger partial charge in [-0.15, -0.1) is 5.10 Å². The van der Waals surface area contributed by atoms with Crippen LogP contribution in [0.3, 0.4) is 0 Å². The third-order valence-corrected chi connectivity index (χ3v) is 3.14. The molecule has 0 spiro atoms. The Morgan fingerprint density at radius 1 is 1.44 bits per heavy atom. The first kappa shape index (κ1) is 12.6. The van der Waals surface area contributed by atoms with Crippen molar-refractivity contribution in [2.75, 3.05) is 0 Å². The van der Waals surface area contributed by atoms with E-state index in [9.17, 15) is 4.79 Å². The average Bonchev–Trinajstić information content (AvgIpc) is 2.88. The second-order valence-electron chi connectivity index (χ2n) is 3.88. The van der Waals surface area contributed by atoms with Crippen LogP contribution < -0.4 is 0 Å². The van der Waals surface area contributed by atoms with Crippen LogP contribution in [0.15, 0.2) is 6.20 Å². The Bertz CT molecular complexity index is 589. The van der Waals surface area contributed by atoms with Gasteiger partial charge in [-0.1, -0.05) is 16.8 Å². The second kappa shape index (κ2) is 4.77. The normalized spacial score (nSPS) is 10.8. The van der Waals surface area contributed by atoms with Gasteiger partial charge in [-0.2, -0.15) is 5.10 Å². The molecule has 8 heteroatoms. The maximum atomic E-state index is 10.6. The van der Waals surface area contributed by atoms with Gasteiger partial charge in [0.15, 0.2) is 5.69 Å². The number of carbonyl (C=O) groups is 1. The average molecular weight is 270 g/mol. The summed E-state index contributed by atoms with van der Waals surface area (Å²) in [6.45, 7) is 4.76. The minimum absolute atomic E-state index is 0.0681. The highest BCUT2D eigenvalue weighted by Crippen LogP contribution is 2.18. The molecule has 2 aromatic heterocycles. The predicted octanol–water partition coefficient (Wildman–Crippen LogP) is 1.14. The zero-order valence-corrected chi connectivity index (χ0v) is 10.7. The quantitative estimate of drug-likeness (QED) is 0.900. The third kappa shape index (κ3) is 2.35. The molecule has 0 saturated heterocycles. The van der Waals surface area contributed by atoms with E-state index >= 15 is 0 Å². The summed E-state index contributed by atoms with van der Waals surface area (Å²) in [7, 11) is 0. The van der Waals surface area contributed by atoms with E-state index in [1.807, 2.05) is 13.8 Å². The number of rotatable bonds is 4. The van der Waals surface area contributed by atoms with Crippen molar-refractivity contribution in [3.8, 4) is 0 Å². The lowest BCUT2D eigenvalue weighted by molar-refractivity contribution is 0.0690. The lowest BCUT2D eigenvalue weighted by Gasteiger charge is -2.03. The summed E-state index contributed by atoms with van der Waals surface area (Å²) in [5.41, 5.74) is 1.59. The highest BCUT2D eigenvalue weighted by Gasteiger charge is 2.11.